The number of hydrogen-bond donors (Lipinski definition) is 0. The number of aryl methyl sites for hydroxylation is 1. The molecule has 3 rings (SSSR count). The van der Waals surface area contributed by atoms with E-state index >= 15 is 0 Å². The van der Waals surface area contributed by atoms with Gasteiger partial charge in [0.2, 0.25) is 5.91 Å². The second-order valence-electron chi connectivity index (χ2n) is 7.97. The van der Waals surface area contributed by atoms with Crippen molar-refractivity contribution in [3.63, 3.8) is 0 Å². The molecular formula is C23H31N3O. The van der Waals surface area contributed by atoms with Crippen molar-refractivity contribution in [1.29, 1.82) is 0 Å². The number of pyridine rings is 1. The first-order valence-electron chi connectivity index (χ1n) is 10.1. The summed E-state index contributed by atoms with van der Waals surface area (Å²) in [7, 11) is 0. The van der Waals surface area contributed by atoms with Crippen molar-refractivity contribution in [2.45, 2.75) is 45.7 Å². The van der Waals surface area contributed by atoms with Crippen LogP contribution in [0.3, 0.4) is 0 Å². The molecule has 144 valence electrons. The van der Waals surface area contributed by atoms with Gasteiger partial charge < -0.3 is 4.90 Å². The molecule has 0 bridgehead atoms. The molecule has 2 aromatic rings. The van der Waals surface area contributed by atoms with Crippen LogP contribution >= 0.6 is 0 Å². The standard InChI is InChI=1S/C23H31N3O/c1-19(2)15-25(16-21-11-13-24-14-12-21)22-17-26(18-22)23(27)10-6-9-20-7-4-3-5-8-20/h3-5,7-8,11-14,19,22H,6,9-10,15-18H2,1-2H3. The summed E-state index contributed by atoms with van der Waals surface area (Å²) in [6.45, 7) is 8.23. The van der Waals surface area contributed by atoms with Crippen molar-refractivity contribution in [3.8, 4) is 0 Å². The molecule has 0 spiro atoms. The molecule has 2 heterocycles. The maximum Gasteiger partial charge on any atom is 0.222 e. The fourth-order valence-electron chi connectivity index (χ4n) is 3.67. The molecular weight excluding hydrogens is 334 g/mol. The maximum atomic E-state index is 12.5. The van der Waals surface area contributed by atoms with E-state index in [0.29, 0.717) is 24.3 Å². The first kappa shape index (κ1) is 19.6. The lowest BCUT2D eigenvalue weighted by atomic mass is 10.0. The molecule has 1 fully saturated rings. The molecule has 1 aliphatic rings. The van der Waals surface area contributed by atoms with E-state index in [1.54, 1.807) is 0 Å². The summed E-state index contributed by atoms with van der Waals surface area (Å²) in [6.07, 6.45) is 6.26. The van der Waals surface area contributed by atoms with Crippen molar-refractivity contribution in [3.05, 3.63) is 66.0 Å². The lowest BCUT2D eigenvalue weighted by Crippen LogP contribution is -2.61. The van der Waals surface area contributed by atoms with Gasteiger partial charge in [0.05, 0.1) is 0 Å². The monoisotopic (exact) mass is 365 g/mol. The highest BCUT2D eigenvalue weighted by Crippen LogP contribution is 2.20. The van der Waals surface area contributed by atoms with Crippen LogP contribution in [-0.2, 0) is 17.8 Å². The van der Waals surface area contributed by atoms with Gasteiger partial charge in [0.15, 0.2) is 0 Å². The zero-order chi connectivity index (χ0) is 19.1. The zero-order valence-electron chi connectivity index (χ0n) is 16.6. The van der Waals surface area contributed by atoms with Gasteiger partial charge in [-0.1, -0.05) is 44.2 Å². The van der Waals surface area contributed by atoms with Crippen molar-refractivity contribution in [2.75, 3.05) is 19.6 Å². The second-order valence-corrected chi connectivity index (χ2v) is 7.97. The molecule has 0 N–H and O–H groups in total. The molecule has 0 unspecified atom stereocenters. The first-order chi connectivity index (χ1) is 13.1. The minimum absolute atomic E-state index is 0.301. The number of benzene rings is 1. The van der Waals surface area contributed by atoms with Gasteiger partial charge in [0, 0.05) is 51.0 Å². The Morgan fingerprint density at radius 3 is 2.48 bits per heavy atom. The van der Waals surface area contributed by atoms with Crippen LogP contribution < -0.4 is 0 Å². The van der Waals surface area contributed by atoms with Gasteiger partial charge >= 0.3 is 0 Å². The van der Waals surface area contributed by atoms with Crippen LogP contribution in [0, 0.1) is 5.92 Å². The van der Waals surface area contributed by atoms with Crippen molar-refractivity contribution < 1.29 is 4.79 Å². The number of hydrogen-bond acceptors (Lipinski definition) is 3. The van der Waals surface area contributed by atoms with E-state index in [1.807, 2.05) is 23.4 Å². The summed E-state index contributed by atoms with van der Waals surface area (Å²) in [4.78, 5) is 21.1. The third-order valence-electron chi connectivity index (χ3n) is 5.16. The molecule has 0 aliphatic carbocycles. The molecule has 4 nitrogen and oxygen atoms in total. The summed E-state index contributed by atoms with van der Waals surface area (Å²) < 4.78 is 0. The van der Waals surface area contributed by atoms with Crippen molar-refractivity contribution in [1.82, 2.24) is 14.8 Å². The lowest BCUT2D eigenvalue weighted by molar-refractivity contribution is -0.139. The fraction of sp³-hybridized carbons (Fsp3) is 0.478. The molecule has 1 saturated heterocycles. The highest BCUT2D eigenvalue weighted by molar-refractivity contribution is 5.77. The molecule has 0 saturated carbocycles. The van der Waals surface area contributed by atoms with Gasteiger partial charge in [-0.3, -0.25) is 14.7 Å². The third-order valence-corrected chi connectivity index (χ3v) is 5.16. The van der Waals surface area contributed by atoms with Crippen LogP contribution in [0.25, 0.3) is 0 Å². The largest absolute Gasteiger partial charge is 0.339 e. The molecule has 0 radical (unpaired) electrons. The normalized spacial score (nSPS) is 14.6. The van der Waals surface area contributed by atoms with E-state index < -0.39 is 0 Å². The van der Waals surface area contributed by atoms with Crippen molar-refractivity contribution in [2.24, 2.45) is 5.92 Å². The van der Waals surface area contributed by atoms with E-state index in [-0.39, 0.29) is 0 Å². The Kier molecular flexibility index (Phi) is 6.99. The van der Waals surface area contributed by atoms with Crippen LogP contribution in [0.2, 0.25) is 0 Å². The number of carbonyl (C=O) groups is 1. The number of likely N-dealkylation sites (tertiary alicyclic amines) is 1. The van der Waals surface area contributed by atoms with E-state index in [0.717, 1.165) is 39.0 Å². The molecule has 1 aromatic carbocycles. The second kappa shape index (κ2) is 9.65. The Bertz CT molecular complexity index is 696. The fourth-order valence-corrected chi connectivity index (χ4v) is 3.67. The van der Waals surface area contributed by atoms with Gasteiger partial charge in [0.1, 0.15) is 0 Å². The Hall–Kier alpha value is -2.20. The van der Waals surface area contributed by atoms with Gasteiger partial charge in [0.25, 0.3) is 0 Å². The summed E-state index contributed by atoms with van der Waals surface area (Å²) in [5, 5.41) is 0. The minimum atomic E-state index is 0.301. The molecule has 4 heteroatoms. The van der Waals surface area contributed by atoms with Crippen molar-refractivity contribution >= 4 is 5.91 Å². The average molecular weight is 366 g/mol. The Labute approximate surface area is 163 Å². The Morgan fingerprint density at radius 1 is 1.11 bits per heavy atom. The molecule has 1 aliphatic heterocycles. The summed E-state index contributed by atoms with van der Waals surface area (Å²) in [5.41, 5.74) is 2.60. The number of aromatic nitrogens is 1. The topological polar surface area (TPSA) is 36.4 Å². The number of amides is 1. The molecule has 1 aromatic heterocycles. The van der Waals surface area contributed by atoms with E-state index in [9.17, 15) is 4.79 Å². The number of nitrogens with zero attached hydrogens (tertiary/aromatic N) is 3. The van der Waals surface area contributed by atoms with Crippen LogP contribution in [0.4, 0.5) is 0 Å². The van der Waals surface area contributed by atoms with E-state index in [1.165, 1.54) is 11.1 Å². The third kappa shape index (κ3) is 5.90. The average Bonchev–Trinajstić information content (AvgIpc) is 2.61. The highest BCUT2D eigenvalue weighted by Gasteiger charge is 2.34. The van der Waals surface area contributed by atoms with Gasteiger partial charge in [-0.05, 0) is 42.0 Å². The minimum Gasteiger partial charge on any atom is -0.339 e. The number of carbonyl (C=O) groups excluding carboxylic acids is 1. The van der Waals surface area contributed by atoms with Gasteiger partial charge in [-0.2, -0.15) is 0 Å². The lowest BCUT2D eigenvalue weighted by Gasteiger charge is -2.46. The van der Waals surface area contributed by atoms with Gasteiger partial charge in [-0.15, -0.1) is 0 Å². The predicted octanol–water partition coefficient (Wildman–Crippen LogP) is 3.77. The quantitative estimate of drug-likeness (QED) is 0.679. The van der Waals surface area contributed by atoms with Crippen LogP contribution in [-0.4, -0.2) is 46.4 Å². The maximum absolute atomic E-state index is 12.5. The summed E-state index contributed by atoms with van der Waals surface area (Å²) in [5.74, 6) is 0.915. The number of rotatable bonds is 9. The molecule has 0 atom stereocenters. The summed E-state index contributed by atoms with van der Waals surface area (Å²) >= 11 is 0. The Balaban J connectivity index is 1.44. The molecule has 27 heavy (non-hydrogen) atoms. The predicted molar refractivity (Wildman–Crippen MR) is 109 cm³/mol. The van der Waals surface area contributed by atoms with Crippen LogP contribution in [0.15, 0.2) is 54.9 Å². The van der Waals surface area contributed by atoms with Crippen LogP contribution in [0.1, 0.15) is 37.8 Å². The first-order valence-corrected chi connectivity index (χ1v) is 10.1. The highest BCUT2D eigenvalue weighted by atomic mass is 16.2. The van der Waals surface area contributed by atoms with E-state index in [2.05, 4.69) is 60.1 Å². The molecule has 1 amide bonds. The zero-order valence-corrected chi connectivity index (χ0v) is 16.6. The van der Waals surface area contributed by atoms with E-state index in [4.69, 9.17) is 0 Å². The van der Waals surface area contributed by atoms with Gasteiger partial charge in [-0.25, -0.2) is 0 Å². The Morgan fingerprint density at radius 2 is 1.81 bits per heavy atom. The van der Waals surface area contributed by atoms with Crippen LogP contribution in [0.5, 0.6) is 0 Å². The smallest absolute Gasteiger partial charge is 0.222 e. The SMILES string of the molecule is CC(C)CN(Cc1ccncc1)C1CN(C(=O)CCCc2ccccc2)C1. The summed E-state index contributed by atoms with van der Waals surface area (Å²) in [6, 6.07) is 15.0.